The number of rotatable bonds is 1. The lowest BCUT2D eigenvalue weighted by Gasteiger charge is -2.33. The number of imide groups is 1. The summed E-state index contributed by atoms with van der Waals surface area (Å²) in [7, 11) is 1.47. The lowest BCUT2D eigenvalue weighted by Crippen LogP contribution is -2.42. The van der Waals surface area contributed by atoms with E-state index >= 15 is 0 Å². The summed E-state index contributed by atoms with van der Waals surface area (Å²) in [6, 6.07) is 5.47. The molecule has 0 N–H and O–H groups in total. The third-order valence-electron chi connectivity index (χ3n) is 5.92. The fourth-order valence-corrected chi connectivity index (χ4v) is 4.70. The Labute approximate surface area is 141 Å². The Morgan fingerprint density at radius 2 is 1.79 bits per heavy atom. The molecule has 3 unspecified atom stereocenters. The van der Waals surface area contributed by atoms with E-state index in [1.54, 1.807) is 18.2 Å². The molecular weight excluding hydrogens is 304 g/mol. The Hall–Kier alpha value is -2.17. The molecule has 1 aliphatic carbocycles. The Morgan fingerprint density at radius 1 is 1.08 bits per heavy atom. The minimum Gasteiger partial charge on any atom is -0.333 e. The molecule has 2 heterocycles. The summed E-state index contributed by atoms with van der Waals surface area (Å²) in [5.74, 6) is -0.0125. The zero-order valence-electron chi connectivity index (χ0n) is 14.1. The molecule has 0 bridgehead atoms. The van der Waals surface area contributed by atoms with Gasteiger partial charge in [-0.2, -0.15) is 0 Å². The van der Waals surface area contributed by atoms with Gasteiger partial charge in [-0.3, -0.25) is 19.3 Å². The van der Waals surface area contributed by atoms with Crippen LogP contribution in [0.4, 0.5) is 0 Å². The number of fused-ring (bicyclic) bond motifs is 2. The van der Waals surface area contributed by atoms with Gasteiger partial charge in [0.2, 0.25) is 0 Å². The van der Waals surface area contributed by atoms with E-state index in [2.05, 4.69) is 6.92 Å². The second-order valence-corrected chi connectivity index (χ2v) is 7.34. The van der Waals surface area contributed by atoms with Crippen LogP contribution in [-0.4, -0.2) is 46.7 Å². The monoisotopic (exact) mass is 326 g/mol. The van der Waals surface area contributed by atoms with Crippen molar-refractivity contribution in [2.45, 2.75) is 51.1 Å². The molecule has 2 aliphatic heterocycles. The fraction of sp³-hybridized carbons (Fsp3) is 0.526. The summed E-state index contributed by atoms with van der Waals surface area (Å²) in [6.45, 7) is 2.12. The maximum atomic E-state index is 13.1. The molecule has 1 aromatic carbocycles. The van der Waals surface area contributed by atoms with E-state index in [4.69, 9.17) is 0 Å². The second kappa shape index (κ2) is 5.43. The molecule has 1 saturated carbocycles. The zero-order valence-corrected chi connectivity index (χ0v) is 14.1. The topological polar surface area (TPSA) is 57.7 Å². The number of hydrogen-bond donors (Lipinski definition) is 0. The van der Waals surface area contributed by atoms with Crippen LogP contribution in [0.25, 0.3) is 0 Å². The van der Waals surface area contributed by atoms with Gasteiger partial charge < -0.3 is 4.90 Å². The highest BCUT2D eigenvalue weighted by Crippen LogP contribution is 2.40. The van der Waals surface area contributed by atoms with Gasteiger partial charge in [-0.25, -0.2) is 0 Å². The Kier molecular flexibility index (Phi) is 3.48. The SMILES string of the molecule is CC1CC2CCCCC2N1C(=O)c1ccc2c(c1)C(=O)N(C)C2=O. The lowest BCUT2D eigenvalue weighted by atomic mass is 9.85. The Morgan fingerprint density at radius 3 is 2.58 bits per heavy atom. The Balaban J connectivity index is 1.66. The molecule has 24 heavy (non-hydrogen) atoms. The first-order chi connectivity index (χ1) is 11.5. The molecule has 3 aliphatic rings. The van der Waals surface area contributed by atoms with Crippen molar-refractivity contribution in [1.82, 2.24) is 9.80 Å². The van der Waals surface area contributed by atoms with Crippen LogP contribution in [0.15, 0.2) is 18.2 Å². The van der Waals surface area contributed by atoms with Crippen LogP contribution in [0, 0.1) is 5.92 Å². The molecule has 5 heteroatoms. The Bertz CT molecular complexity index is 742. The average molecular weight is 326 g/mol. The van der Waals surface area contributed by atoms with E-state index in [-0.39, 0.29) is 23.8 Å². The van der Waals surface area contributed by atoms with E-state index in [1.807, 2.05) is 4.90 Å². The van der Waals surface area contributed by atoms with Crippen LogP contribution in [0.5, 0.6) is 0 Å². The molecule has 0 radical (unpaired) electrons. The molecule has 3 amide bonds. The minimum atomic E-state index is -0.324. The van der Waals surface area contributed by atoms with Crippen LogP contribution in [0.3, 0.4) is 0 Å². The summed E-state index contributed by atoms with van der Waals surface area (Å²) < 4.78 is 0. The van der Waals surface area contributed by atoms with Crippen LogP contribution in [0.2, 0.25) is 0 Å². The van der Waals surface area contributed by atoms with E-state index < -0.39 is 0 Å². The summed E-state index contributed by atoms with van der Waals surface area (Å²) in [5, 5.41) is 0. The van der Waals surface area contributed by atoms with Crippen molar-refractivity contribution in [2.24, 2.45) is 5.92 Å². The van der Waals surface area contributed by atoms with Crippen molar-refractivity contribution in [2.75, 3.05) is 7.05 Å². The maximum Gasteiger partial charge on any atom is 0.261 e. The molecule has 1 aromatic rings. The predicted octanol–water partition coefficient (Wildman–Crippen LogP) is 2.71. The van der Waals surface area contributed by atoms with Crippen molar-refractivity contribution >= 4 is 17.7 Å². The molecule has 3 atom stereocenters. The number of hydrogen-bond acceptors (Lipinski definition) is 3. The third-order valence-corrected chi connectivity index (χ3v) is 5.92. The first kappa shape index (κ1) is 15.4. The largest absolute Gasteiger partial charge is 0.333 e. The highest BCUT2D eigenvalue weighted by Gasteiger charge is 2.43. The molecule has 4 rings (SSSR count). The van der Waals surface area contributed by atoms with E-state index in [0.29, 0.717) is 28.7 Å². The lowest BCUT2D eigenvalue weighted by molar-refractivity contribution is 0.0632. The highest BCUT2D eigenvalue weighted by molar-refractivity contribution is 6.21. The van der Waals surface area contributed by atoms with Gasteiger partial charge >= 0.3 is 0 Å². The summed E-state index contributed by atoms with van der Waals surface area (Å²) in [5.41, 5.74) is 1.26. The van der Waals surface area contributed by atoms with Gasteiger partial charge in [-0.05, 0) is 50.3 Å². The normalized spacial score (nSPS) is 29.0. The van der Waals surface area contributed by atoms with Crippen molar-refractivity contribution in [3.63, 3.8) is 0 Å². The molecule has 1 saturated heterocycles. The van der Waals surface area contributed by atoms with Gasteiger partial charge in [0.1, 0.15) is 0 Å². The third kappa shape index (κ3) is 2.10. The van der Waals surface area contributed by atoms with Crippen LogP contribution in [-0.2, 0) is 0 Å². The molecule has 0 spiro atoms. The zero-order chi connectivity index (χ0) is 17.0. The molecule has 5 nitrogen and oxygen atoms in total. The van der Waals surface area contributed by atoms with Crippen molar-refractivity contribution in [3.05, 3.63) is 34.9 Å². The number of carbonyl (C=O) groups is 3. The molecule has 2 fully saturated rings. The van der Waals surface area contributed by atoms with Gasteiger partial charge in [0, 0.05) is 24.7 Å². The van der Waals surface area contributed by atoms with E-state index in [9.17, 15) is 14.4 Å². The number of nitrogens with zero attached hydrogens (tertiary/aromatic N) is 2. The van der Waals surface area contributed by atoms with Crippen LogP contribution < -0.4 is 0 Å². The number of likely N-dealkylation sites (tertiary alicyclic amines) is 1. The summed E-state index contributed by atoms with van der Waals surface area (Å²) in [4.78, 5) is 40.4. The van der Waals surface area contributed by atoms with Crippen molar-refractivity contribution in [1.29, 1.82) is 0 Å². The predicted molar refractivity (Wildman–Crippen MR) is 88.9 cm³/mol. The van der Waals surface area contributed by atoms with Gasteiger partial charge in [0.25, 0.3) is 17.7 Å². The van der Waals surface area contributed by atoms with E-state index in [0.717, 1.165) is 17.7 Å². The standard InChI is InChI=1S/C19H22N2O3/c1-11-9-12-5-3-4-6-16(12)21(11)17(22)13-7-8-14-15(10-13)19(24)20(2)18(14)23/h7-8,10-12,16H,3-6,9H2,1-2H3. The summed E-state index contributed by atoms with van der Waals surface area (Å²) in [6.07, 6.45) is 5.80. The molecule has 126 valence electrons. The van der Waals surface area contributed by atoms with Crippen molar-refractivity contribution in [3.8, 4) is 0 Å². The average Bonchev–Trinajstić information content (AvgIpc) is 3.03. The fourth-order valence-electron chi connectivity index (χ4n) is 4.70. The maximum absolute atomic E-state index is 13.1. The number of benzene rings is 1. The number of amides is 3. The van der Waals surface area contributed by atoms with Crippen molar-refractivity contribution < 1.29 is 14.4 Å². The first-order valence-corrected chi connectivity index (χ1v) is 8.78. The first-order valence-electron chi connectivity index (χ1n) is 8.78. The highest BCUT2D eigenvalue weighted by atomic mass is 16.2. The summed E-state index contributed by atoms with van der Waals surface area (Å²) >= 11 is 0. The van der Waals surface area contributed by atoms with Gasteiger partial charge in [0.15, 0.2) is 0 Å². The smallest absolute Gasteiger partial charge is 0.261 e. The van der Waals surface area contributed by atoms with Gasteiger partial charge in [-0.15, -0.1) is 0 Å². The second-order valence-electron chi connectivity index (χ2n) is 7.34. The molecular formula is C19H22N2O3. The van der Waals surface area contributed by atoms with Gasteiger partial charge in [0.05, 0.1) is 11.1 Å². The van der Waals surface area contributed by atoms with Gasteiger partial charge in [-0.1, -0.05) is 12.8 Å². The van der Waals surface area contributed by atoms with Crippen LogP contribution >= 0.6 is 0 Å². The van der Waals surface area contributed by atoms with Crippen LogP contribution in [0.1, 0.15) is 70.1 Å². The minimum absolute atomic E-state index is 0.00509. The van der Waals surface area contributed by atoms with E-state index in [1.165, 1.54) is 26.3 Å². The molecule has 0 aromatic heterocycles. The quantitative estimate of drug-likeness (QED) is 0.746. The number of carbonyl (C=O) groups excluding carboxylic acids is 3.